The highest BCUT2D eigenvalue weighted by Crippen LogP contribution is 2.30. The summed E-state index contributed by atoms with van der Waals surface area (Å²) >= 11 is 0. The smallest absolute Gasteiger partial charge is 0.251 e. The van der Waals surface area contributed by atoms with Gasteiger partial charge in [-0.05, 0) is 55.7 Å². The zero-order valence-corrected chi connectivity index (χ0v) is 21.7. The van der Waals surface area contributed by atoms with Gasteiger partial charge in [0.25, 0.3) is 5.91 Å². The lowest BCUT2D eigenvalue weighted by Gasteiger charge is -2.33. The van der Waals surface area contributed by atoms with Crippen LogP contribution in [0.15, 0.2) is 48.5 Å². The Hall–Kier alpha value is -3.43. The van der Waals surface area contributed by atoms with Crippen LogP contribution in [0.1, 0.15) is 47.8 Å². The molecule has 2 heterocycles. The van der Waals surface area contributed by atoms with Crippen molar-refractivity contribution in [2.45, 2.75) is 44.2 Å². The molecule has 0 bridgehead atoms. The van der Waals surface area contributed by atoms with Crippen LogP contribution in [-0.4, -0.2) is 72.8 Å². The number of ether oxygens (including phenoxy) is 2. The highest BCUT2D eigenvalue weighted by atomic mass is 16.5. The van der Waals surface area contributed by atoms with Crippen LogP contribution in [-0.2, 0) is 16.1 Å². The average Bonchev–Trinajstić information content (AvgIpc) is 3.30. The number of carbonyl (C=O) groups is 2. The number of para-hydroxylation sites is 2. The molecule has 0 aliphatic carbocycles. The van der Waals surface area contributed by atoms with Gasteiger partial charge >= 0.3 is 0 Å². The number of benzene rings is 2. The van der Waals surface area contributed by atoms with Gasteiger partial charge in [-0.1, -0.05) is 12.1 Å². The van der Waals surface area contributed by atoms with E-state index < -0.39 is 6.04 Å². The summed E-state index contributed by atoms with van der Waals surface area (Å²) in [7, 11) is 3.29. The first-order valence-corrected chi connectivity index (χ1v) is 12.9. The molecule has 2 amide bonds. The number of imidazole rings is 1. The number of aromatic nitrogens is 2. The van der Waals surface area contributed by atoms with Crippen molar-refractivity contribution in [1.29, 1.82) is 0 Å². The van der Waals surface area contributed by atoms with E-state index in [1.165, 1.54) is 0 Å². The maximum atomic E-state index is 13.1. The minimum absolute atomic E-state index is 0.0120. The first kappa shape index (κ1) is 26.6. The number of methoxy groups -OCH3 is 2. The third kappa shape index (κ3) is 6.67. The molecule has 2 atom stereocenters. The fourth-order valence-electron chi connectivity index (χ4n) is 4.92. The lowest BCUT2D eigenvalue weighted by atomic mass is 9.96. The van der Waals surface area contributed by atoms with Crippen LogP contribution in [0.3, 0.4) is 0 Å². The van der Waals surface area contributed by atoms with E-state index in [1.807, 2.05) is 23.1 Å². The van der Waals surface area contributed by atoms with E-state index in [1.54, 1.807) is 38.5 Å². The minimum atomic E-state index is -0.464. The number of nitrogens with zero attached hydrogens (tertiary/aromatic N) is 3. The van der Waals surface area contributed by atoms with Crippen molar-refractivity contribution >= 4 is 22.8 Å². The van der Waals surface area contributed by atoms with Crippen molar-refractivity contribution in [2.24, 2.45) is 5.73 Å². The monoisotopic (exact) mass is 507 g/mol. The van der Waals surface area contributed by atoms with Crippen LogP contribution < -0.4 is 15.8 Å². The Kier molecular flexibility index (Phi) is 9.14. The van der Waals surface area contributed by atoms with E-state index in [0.717, 1.165) is 42.7 Å². The topological polar surface area (TPSA) is 112 Å². The summed E-state index contributed by atoms with van der Waals surface area (Å²) in [6, 6.07) is 14.6. The lowest BCUT2D eigenvalue weighted by Crippen LogP contribution is -2.45. The third-order valence-electron chi connectivity index (χ3n) is 6.87. The van der Waals surface area contributed by atoms with Gasteiger partial charge in [-0.25, -0.2) is 4.98 Å². The largest absolute Gasteiger partial charge is 0.497 e. The summed E-state index contributed by atoms with van der Waals surface area (Å²) in [4.78, 5) is 32.4. The Morgan fingerprint density at radius 3 is 2.70 bits per heavy atom. The molecule has 2 aromatic carbocycles. The van der Waals surface area contributed by atoms with Gasteiger partial charge in [-0.3, -0.25) is 9.59 Å². The van der Waals surface area contributed by atoms with Crippen LogP contribution in [0.5, 0.6) is 5.75 Å². The van der Waals surface area contributed by atoms with Crippen LogP contribution in [0.2, 0.25) is 0 Å². The number of carbonyl (C=O) groups excluding carboxylic acids is 2. The van der Waals surface area contributed by atoms with Gasteiger partial charge in [0.05, 0.1) is 18.1 Å². The Morgan fingerprint density at radius 2 is 1.95 bits per heavy atom. The number of aryl methyl sites for hydroxylation is 1. The molecular weight excluding hydrogens is 470 g/mol. The molecule has 1 saturated heterocycles. The SMILES string of the molecule is COCCCn1c([C@@H]2CCCN(C(=O)C[C@H](N)CNC(=O)c3ccc(OC)cc3)C2)nc2ccccc21. The highest BCUT2D eigenvalue weighted by Gasteiger charge is 2.29. The number of amides is 2. The van der Waals surface area contributed by atoms with Gasteiger partial charge < -0.3 is 30.0 Å². The van der Waals surface area contributed by atoms with Gasteiger partial charge in [0.1, 0.15) is 11.6 Å². The molecule has 3 N–H and O–H groups in total. The zero-order valence-electron chi connectivity index (χ0n) is 21.7. The summed E-state index contributed by atoms with van der Waals surface area (Å²) in [5.74, 6) is 1.67. The quantitative estimate of drug-likeness (QED) is 0.386. The summed E-state index contributed by atoms with van der Waals surface area (Å²) in [6.07, 6.45) is 2.98. The maximum Gasteiger partial charge on any atom is 0.251 e. The van der Waals surface area contributed by atoms with Crippen molar-refractivity contribution in [3.63, 3.8) is 0 Å². The fraction of sp³-hybridized carbons (Fsp3) is 0.464. The molecule has 37 heavy (non-hydrogen) atoms. The summed E-state index contributed by atoms with van der Waals surface area (Å²) < 4.78 is 12.7. The molecule has 1 aromatic heterocycles. The van der Waals surface area contributed by atoms with Gasteiger partial charge in [0, 0.05) is 63.8 Å². The maximum absolute atomic E-state index is 13.1. The zero-order chi connectivity index (χ0) is 26.2. The molecule has 0 radical (unpaired) electrons. The predicted molar refractivity (Wildman–Crippen MR) is 143 cm³/mol. The van der Waals surface area contributed by atoms with Gasteiger partial charge in [0.15, 0.2) is 0 Å². The second-order valence-corrected chi connectivity index (χ2v) is 9.54. The van der Waals surface area contributed by atoms with Crippen LogP contribution in [0, 0.1) is 0 Å². The van der Waals surface area contributed by atoms with Crippen LogP contribution in [0.4, 0.5) is 0 Å². The molecule has 0 unspecified atom stereocenters. The fourth-order valence-corrected chi connectivity index (χ4v) is 4.92. The molecule has 9 heteroatoms. The van der Waals surface area contributed by atoms with Crippen LogP contribution in [0.25, 0.3) is 11.0 Å². The predicted octanol–water partition coefficient (Wildman–Crippen LogP) is 2.93. The highest BCUT2D eigenvalue weighted by molar-refractivity contribution is 5.94. The van der Waals surface area contributed by atoms with Crippen molar-refractivity contribution < 1.29 is 19.1 Å². The van der Waals surface area contributed by atoms with E-state index in [4.69, 9.17) is 20.2 Å². The van der Waals surface area contributed by atoms with E-state index in [9.17, 15) is 9.59 Å². The second kappa shape index (κ2) is 12.7. The van der Waals surface area contributed by atoms with Crippen LogP contribution >= 0.6 is 0 Å². The van der Waals surface area contributed by atoms with Crippen molar-refractivity contribution in [3.8, 4) is 5.75 Å². The van der Waals surface area contributed by atoms with E-state index >= 15 is 0 Å². The van der Waals surface area contributed by atoms with E-state index in [2.05, 4.69) is 16.0 Å². The standard InChI is InChI=1S/C28H37N5O4/c1-36-16-6-15-33-25-9-4-3-8-24(25)31-27(33)21-7-5-14-32(19-21)26(34)17-22(29)18-30-28(35)20-10-12-23(37-2)13-11-20/h3-4,8-13,21-22H,5-7,14-19,29H2,1-2H3,(H,30,35)/t21-,22+/m1/s1. The molecule has 1 fully saturated rings. The van der Waals surface area contributed by atoms with Crippen molar-refractivity contribution in [3.05, 3.63) is 59.9 Å². The first-order chi connectivity index (χ1) is 18.0. The van der Waals surface area contributed by atoms with Gasteiger partial charge in [-0.2, -0.15) is 0 Å². The molecule has 1 aliphatic rings. The van der Waals surface area contributed by atoms with Gasteiger partial charge in [0.2, 0.25) is 5.91 Å². The molecule has 0 spiro atoms. The lowest BCUT2D eigenvalue weighted by molar-refractivity contribution is -0.132. The summed E-state index contributed by atoms with van der Waals surface area (Å²) in [6.45, 7) is 3.08. The number of nitrogens with one attached hydrogen (secondary N) is 1. The number of nitrogens with two attached hydrogens (primary N) is 1. The molecule has 0 saturated carbocycles. The molecule has 1 aliphatic heterocycles. The Labute approximate surface area is 217 Å². The second-order valence-electron chi connectivity index (χ2n) is 9.54. The summed E-state index contributed by atoms with van der Waals surface area (Å²) in [5, 5.41) is 2.83. The number of likely N-dealkylation sites (tertiary alicyclic amines) is 1. The summed E-state index contributed by atoms with van der Waals surface area (Å²) in [5.41, 5.74) is 8.85. The number of piperidine rings is 1. The average molecular weight is 508 g/mol. The first-order valence-electron chi connectivity index (χ1n) is 12.9. The van der Waals surface area contributed by atoms with E-state index in [-0.39, 0.29) is 30.7 Å². The molecule has 4 rings (SSSR count). The number of hydrogen-bond acceptors (Lipinski definition) is 6. The number of fused-ring (bicyclic) bond motifs is 1. The molecule has 3 aromatic rings. The third-order valence-corrected chi connectivity index (χ3v) is 6.87. The minimum Gasteiger partial charge on any atom is -0.497 e. The Bertz CT molecular complexity index is 1190. The Morgan fingerprint density at radius 1 is 1.16 bits per heavy atom. The van der Waals surface area contributed by atoms with Crippen molar-refractivity contribution in [1.82, 2.24) is 19.8 Å². The number of rotatable bonds is 11. The Balaban J connectivity index is 1.35. The normalized spacial score (nSPS) is 16.5. The molecular formula is C28H37N5O4. The molecule has 198 valence electrons. The number of hydrogen-bond donors (Lipinski definition) is 2. The van der Waals surface area contributed by atoms with E-state index in [0.29, 0.717) is 31.0 Å². The van der Waals surface area contributed by atoms with Crippen molar-refractivity contribution in [2.75, 3.05) is 40.5 Å². The molecule has 9 nitrogen and oxygen atoms in total. The van der Waals surface area contributed by atoms with Gasteiger partial charge in [-0.15, -0.1) is 0 Å².